The fraction of sp³-hybridized carbons (Fsp3) is 0.333. The Balaban J connectivity index is 3.23. The Morgan fingerprint density at radius 2 is 2.10 bits per heavy atom. The molecule has 1 aromatic rings. The number of aliphatic carboxylic acids is 1. The summed E-state index contributed by atoms with van der Waals surface area (Å²) in [4.78, 5) is 23.8. The van der Waals surface area contributed by atoms with E-state index in [0.29, 0.717) is 12.5 Å². The Labute approximate surface area is 132 Å². The zero-order valence-corrected chi connectivity index (χ0v) is 13.6. The van der Waals surface area contributed by atoms with E-state index in [-0.39, 0.29) is 6.54 Å². The number of nitrogens with two attached hydrogens (primary N) is 1. The number of anilines is 1. The summed E-state index contributed by atoms with van der Waals surface area (Å²) in [6.07, 6.45) is 2.59. The van der Waals surface area contributed by atoms with Crippen LogP contribution < -0.4 is 10.6 Å². The number of benzene rings is 1. The first-order chi connectivity index (χ1) is 9.79. The Kier molecular flexibility index (Phi) is 6.42. The van der Waals surface area contributed by atoms with Gasteiger partial charge in [0.1, 0.15) is 0 Å². The molecule has 0 bridgehead atoms. The molecule has 0 unspecified atom stereocenters. The first kappa shape index (κ1) is 17.2. The second kappa shape index (κ2) is 7.83. The standard InChI is InChI=1S/C15H19BrN2O3/c1-10(2)8-18(9-14(17)19)13-7-12(16)5-3-11(13)4-6-15(20)21/h3-7,10H,8-9H2,1-2H3,(H2,17,19)(H,20,21). The zero-order valence-electron chi connectivity index (χ0n) is 12.0. The highest BCUT2D eigenvalue weighted by molar-refractivity contribution is 9.10. The molecule has 5 nitrogen and oxygen atoms in total. The number of nitrogens with zero attached hydrogens (tertiary/aromatic N) is 1. The lowest BCUT2D eigenvalue weighted by molar-refractivity contribution is -0.131. The van der Waals surface area contributed by atoms with Gasteiger partial charge in [-0.15, -0.1) is 0 Å². The molecule has 21 heavy (non-hydrogen) atoms. The van der Waals surface area contributed by atoms with E-state index in [0.717, 1.165) is 21.8 Å². The number of carbonyl (C=O) groups is 2. The van der Waals surface area contributed by atoms with Crippen molar-refractivity contribution in [1.29, 1.82) is 0 Å². The Morgan fingerprint density at radius 1 is 1.43 bits per heavy atom. The van der Waals surface area contributed by atoms with Crippen molar-refractivity contribution in [2.45, 2.75) is 13.8 Å². The largest absolute Gasteiger partial charge is 0.478 e. The Hall–Kier alpha value is -1.82. The fourth-order valence-corrected chi connectivity index (χ4v) is 2.32. The van der Waals surface area contributed by atoms with Gasteiger partial charge < -0.3 is 15.7 Å². The lowest BCUT2D eigenvalue weighted by Gasteiger charge is -2.27. The summed E-state index contributed by atoms with van der Waals surface area (Å²) in [5.74, 6) is -1.11. The van der Waals surface area contributed by atoms with Crippen molar-refractivity contribution in [1.82, 2.24) is 0 Å². The number of primary amides is 1. The molecule has 0 aromatic heterocycles. The zero-order chi connectivity index (χ0) is 16.0. The molecule has 114 valence electrons. The molecule has 0 saturated heterocycles. The van der Waals surface area contributed by atoms with Crippen molar-refractivity contribution in [3.8, 4) is 0 Å². The van der Waals surface area contributed by atoms with E-state index in [1.54, 1.807) is 6.07 Å². The predicted octanol–water partition coefficient (Wildman–Crippen LogP) is 2.49. The summed E-state index contributed by atoms with van der Waals surface area (Å²) < 4.78 is 0.850. The summed E-state index contributed by atoms with van der Waals surface area (Å²) in [5, 5.41) is 8.77. The quantitative estimate of drug-likeness (QED) is 0.736. The van der Waals surface area contributed by atoms with Crippen molar-refractivity contribution >= 4 is 39.6 Å². The van der Waals surface area contributed by atoms with E-state index < -0.39 is 11.9 Å². The van der Waals surface area contributed by atoms with Gasteiger partial charge in [0.2, 0.25) is 5.91 Å². The molecule has 1 amide bonds. The van der Waals surface area contributed by atoms with Crippen molar-refractivity contribution in [2.75, 3.05) is 18.0 Å². The molecule has 1 aromatic carbocycles. The normalized spacial score (nSPS) is 11.0. The van der Waals surface area contributed by atoms with Crippen LogP contribution in [-0.2, 0) is 9.59 Å². The molecule has 0 radical (unpaired) electrons. The van der Waals surface area contributed by atoms with Crippen LogP contribution in [0.5, 0.6) is 0 Å². The maximum absolute atomic E-state index is 11.3. The minimum absolute atomic E-state index is 0.0859. The summed E-state index contributed by atoms with van der Waals surface area (Å²) in [6.45, 7) is 4.81. The van der Waals surface area contributed by atoms with E-state index in [2.05, 4.69) is 15.9 Å². The van der Waals surface area contributed by atoms with E-state index in [1.165, 1.54) is 6.08 Å². The molecule has 6 heteroatoms. The molecule has 0 aliphatic carbocycles. The summed E-state index contributed by atoms with van der Waals surface area (Å²) in [6, 6.07) is 5.48. The van der Waals surface area contributed by atoms with Crippen LogP contribution in [0.1, 0.15) is 19.4 Å². The number of carbonyl (C=O) groups excluding carboxylic acids is 1. The molecule has 0 heterocycles. The third kappa shape index (κ3) is 5.99. The van der Waals surface area contributed by atoms with Gasteiger partial charge in [-0.3, -0.25) is 4.79 Å². The number of rotatable bonds is 7. The Bertz CT molecular complexity index is 556. The number of hydrogen-bond donors (Lipinski definition) is 2. The molecule has 3 N–H and O–H groups in total. The predicted molar refractivity (Wildman–Crippen MR) is 87.1 cm³/mol. The minimum Gasteiger partial charge on any atom is -0.478 e. The lowest BCUT2D eigenvalue weighted by atomic mass is 10.1. The molecule has 0 atom stereocenters. The van der Waals surface area contributed by atoms with Gasteiger partial charge in [0.25, 0.3) is 0 Å². The van der Waals surface area contributed by atoms with Crippen LogP contribution in [0, 0.1) is 5.92 Å². The topological polar surface area (TPSA) is 83.6 Å². The van der Waals surface area contributed by atoms with Crippen LogP contribution in [0.3, 0.4) is 0 Å². The molecular formula is C15H19BrN2O3. The average Bonchev–Trinajstić information content (AvgIpc) is 2.35. The van der Waals surface area contributed by atoms with Crippen molar-refractivity contribution < 1.29 is 14.7 Å². The first-order valence-electron chi connectivity index (χ1n) is 6.53. The number of halogens is 1. The van der Waals surface area contributed by atoms with Gasteiger partial charge in [-0.2, -0.15) is 0 Å². The van der Waals surface area contributed by atoms with Crippen LogP contribution in [0.25, 0.3) is 6.08 Å². The molecule has 0 spiro atoms. The average molecular weight is 355 g/mol. The minimum atomic E-state index is -1.02. The molecule has 1 rings (SSSR count). The van der Waals surface area contributed by atoms with E-state index >= 15 is 0 Å². The highest BCUT2D eigenvalue weighted by Crippen LogP contribution is 2.27. The number of hydrogen-bond acceptors (Lipinski definition) is 3. The van der Waals surface area contributed by atoms with Crippen molar-refractivity contribution in [2.24, 2.45) is 11.7 Å². The van der Waals surface area contributed by atoms with E-state index in [9.17, 15) is 9.59 Å². The second-order valence-electron chi connectivity index (χ2n) is 5.12. The number of carboxylic acid groups (broad SMARTS) is 1. The smallest absolute Gasteiger partial charge is 0.328 e. The van der Waals surface area contributed by atoms with Crippen LogP contribution in [-0.4, -0.2) is 30.1 Å². The van der Waals surface area contributed by atoms with E-state index in [4.69, 9.17) is 10.8 Å². The second-order valence-corrected chi connectivity index (χ2v) is 6.03. The van der Waals surface area contributed by atoms with Gasteiger partial charge >= 0.3 is 5.97 Å². The SMILES string of the molecule is CC(C)CN(CC(N)=O)c1cc(Br)ccc1C=CC(=O)O. The summed E-state index contributed by atoms with van der Waals surface area (Å²) in [5.41, 5.74) is 6.81. The monoisotopic (exact) mass is 354 g/mol. The van der Waals surface area contributed by atoms with Gasteiger partial charge in [0, 0.05) is 22.8 Å². The van der Waals surface area contributed by atoms with Crippen LogP contribution in [0.4, 0.5) is 5.69 Å². The van der Waals surface area contributed by atoms with Gasteiger partial charge in [-0.25, -0.2) is 4.79 Å². The van der Waals surface area contributed by atoms with Crippen LogP contribution in [0.2, 0.25) is 0 Å². The molecule has 0 fully saturated rings. The third-order valence-electron chi connectivity index (χ3n) is 2.67. The summed E-state index contributed by atoms with van der Waals surface area (Å²) >= 11 is 3.39. The van der Waals surface area contributed by atoms with Gasteiger partial charge in [0.05, 0.1) is 6.54 Å². The molecule has 0 saturated carbocycles. The molecular weight excluding hydrogens is 336 g/mol. The van der Waals surface area contributed by atoms with E-state index in [1.807, 2.05) is 30.9 Å². The highest BCUT2D eigenvalue weighted by Gasteiger charge is 2.14. The number of amides is 1. The fourth-order valence-electron chi connectivity index (χ4n) is 1.97. The lowest BCUT2D eigenvalue weighted by Crippen LogP contribution is -2.36. The molecule has 0 aliphatic heterocycles. The molecule has 0 aliphatic rings. The maximum Gasteiger partial charge on any atom is 0.328 e. The number of carboxylic acids is 1. The Morgan fingerprint density at radius 3 is 2.62 bits per heavy atom. The van der Waals surface area contributed by atoms with Crippen molar-refractivity contribution in [3.63, 3.8) is 0 Å². The third-order valence-corrected chi connectivity index (χ3v) is 3.16. The van der Waals surface area contributed by atoms with Gasteiger partial charge in [-0.05, 0) is 29.7 Å². The maximum atomic E-state index is 11.3. The summed E-state index contributed by atoms with van der Waals surface area (Å²) in [7, 11) is 0. The first-order valence-corrected chi connectivity index (χ1v) is 7.32. The van der Waals surface area contributed by atoms with Crippen LogP contribution in [0.15, 0.2) is 28.7 Å². The van der Waals surface area contributed by atoms with Gasteiger partial charge in [0.15, 0.2) is 0 Å². The van der Waals surface area contributed by atoms with Gasteiger partial charge in [-0.1, -0.05) is 35.8 Å². The van der Waals surface area contributed by atoms with Crippen LogP contribution >= 0.6 is 15.9 Å². The highest BCUT2D eigenvalue weighted by atomic mass is 79.9. The van der Waals surface area contributed by atoms with Crippen molar-refractivity contribution in [3.05, 3.63) is 34.3 Å².